The van der Waals surface area contributed by atoms with E-state index in [4.69, 9.17) is 0 Å². The third-order valence-electron chi connectivity index (χ3n) is 3.89. The molecule has 3 nitrogen and oxygen atoms in total. The zero-order valence-electron chi connectivity index (χ0n) is 11.8. The fraction of sp³-hybridized carbons (Fsp3) is 0.294. The van der Waals surface area contributed by atoms with Crippen molar-refractivity contribution in [2.24, 2.45) is 0 Å². The van der Waals surface area contributed by atoms with Gasteiger partial charge >= 0.3 is 0 Å². The van der Waals surface area contributed by atoms with Crippen LogP contribution in [0.4, 0.5) is 11.5 Å². The smallest absolute Gasteiger partial charge is 0.148 e. The second-order valence-corrected chi connectivity index (χ2v) is 5.39. The summed E-state index contributed by atoms with van der Waals surface area (Å²) < 4.78 is 0. The van der Waals surface area contributed by atoms with E-state index in [0.717, 1.165) is 11.4 Å². The zero-order chi connectivity index (χ0) is 14.1. The van der Waals surface area contributed by atoms with E-state index < -0.39 is 0 Å². The van der Waals surface area contributed by atoms with Crippen molar-refractivity contribution in [2.45, 2.75) is 32.6 Å². The van der Waals surface area contributed by atoms with Crippen LogP contribution in [0.25, 0.3) is 0 Å². The van der Waals surface area contributed by atoms with E-state index >= 15 is 0 Å². The number of benzene rings is 1. The van der Waals surface area contributed by atoms with Crippen LogP contribution >= 0.6 is 0 Å². The molecule has 1 aliphatic carbocycles. The van der Waals surface area contributed by atoms with Crippen LogP contribution in [-0.2, 0) is 0 Å². The molecule has 0 bridgehead atoms. The van der Waals surface area contributed by atoms with Crippen LogP contribution in [0.15, 0.2) is 30.3 Å². The molecule has 0 radical (unpaired) electrons. The Bertz CT molecular complexity index is 694. The van der Waals surface area contributed by atoms with Gasteiger partial charge in [-0.1, -0.05) is 12.1 Å². The van der Waals surface area contributed by atoms with E-state index in [9.17, 15) is 5.26 Å². The lowest BCUT2D eigenvalue weighted by atomic mass is 10.1. The van der Waals surface area contributed by atoms with Crippen LogP contribution in [0.5, 0.6) is 0 Å². The third kappa shape index (κ3) is 2.37. The van der Waals surface area contributed by atoms with Gasteiger partial charge in [0.2, 0.25) is 0 Å². The first-order valence-corrected chi connectivity index (χ1v) is 6.93. The van der Waals surface area contributed by atoms with Crippen molar-refractivity contribution in [3.05, 3.63) is 52.7 Å². The topological polar surface area (TPSA) is 48.7 Å². The Morgan fingerprint density at radius 2 is 2.00 bits per heavy atom. The first-order valence-electron chi connectivity index (χ1n) is 6.93. The largest absolute Gasteiger partial charge is 0.339 e. The molecule has 1 heterocycles. The average Bonchev–Trinajstić information content (AvgIpc) is 3.28. The summed E-state index contributed by atoms with van der Waals surface area (Å²) in [5, 5.41) is 12.6. The number of nitrogens with one attached hydrogen (secondary N) is 1. The van der Waals surface area contributed by atoms with Gasteiger partial charge in [0.05, 0.1) is 5.56 Å². The second-order valence-electron chi connectivity index (χ2n) is 5.39. The number of nitriles is 1. The van der Waals surface area contributed by atoms with Gasteiger partial charge in [0.25, 0.3) is 0 Å². The molecule has 1 saturated carbocycles. The van der Waals surface area contributed by atoms with E-state index in [0.29, 0.717) is 17.3 Å². The van der Waals surface area contributed by atoms with Crippen LogP contribution in [-0.4, -0.2) is 4.98 Å². The van der Waals surface area contributed by atoms with Gasteiger partial charge in [-0.2, -0.15) is 5.26 Å². The lowest BCUT2D eigenvalue weighted by Gasteiger charge is -2.12. The van der Waals surface area contributed by atoms with Gasteiger partial charge in [0.15, 0.2) is 0 Å². The molecule has 1 N–H and O–H groups in total. The summed E-state index contributed by atoms with van der Waals surface area (Å²) in [5.74, 6) is 1.26. The number of nitrogens with zero attached hydrogens (tertiary/aromatic N) is 2. The maximum Gasteiger partial charge on any atom is 0.148 e. The number of aryl methyl sites for hydroxylation is 1. The Kier molecular flexibility index (Phi) is 3.15. The highest BCUT2D eigenvalue weighted by Gasteiger charge is 2.25. The van der Waals surface area contributed by atoms with E-state index in [1.807, 2.05) is 24.3 Å². The van der Waals surface area contributed by atoms with E-state index in [1.165, 1.54) is 24.0 Å². The third-order valence-corrected chi connectivity index (χ3v) is 3.89. The molecule has 100 valence electrons. The Morgan fingerprint density at radius 1 is 1.20 bits per heavy atom. The van der Waals surface area contributed by atoms with Gasteiger partial charge < -0.3 is 5.32 Å². The SMILES string of the molecule is Cc1cccc(Nc2nc(C3CC3)ccc2C#N)c1C. The molecule has 0 atom stereocenters. The molecule has 0 aliphatic heterocycles. The standard InChI is InChI=1S/C17H17N3/c1-11-4-3-5-15(12(11)2)19-17-14(10-18)8-9-16(20-17)13-6-7-13/h3-5,8-9,13H,6-7H2,1-2H3,(H,19,20). The highest BCUT2D eigenvalue weighted by molar-refractivity contribution is 5.66. The number of hydrogen-bond acceptors (Lipinski definition) is 3. The molecule has 20 heavy (non-hydrogen) atoms. The van der Waals surface area contributed by atoms with Gasteiger partial charge in [-0.05, 0) is 56.0 Å². The van der Waals surface area contributed by atoms with Crippen molar-refractivity contribution in [1.29, 1.82) is 5.26 Å². The molecule has 0 saturated heterocycles. The second kappa shape index (κ2) is 4.97. The minimum atomic E-state index is 0.585. The molecule has 0 unspecified atom stereocenters. The molecule has 1 aliphatic rings. The molecule has 0 amide bonds. The monoisotopic (exact) mass is 263 g/mol. The highest BCUT2D eigenvalue weighted by atomic mass is 15.0. The Labute approximate surface area is 119 Å². The first-order chi connectivity index (χ1) is 9.69. The summed E-state index contributed by atoms with van der Waals surface area (Å²) in [7, 11) is 0. The summed E-state index contributed by atoms with van der Waals surface area (Å²) in [6.07, 6.45) is 2.42. The van der Waals surface area contributed by atoms with Crippen molar-refractivity contribution in [3.63, 3.8) is 0 Å². The lowest BCUT2D eigenvalue weighted by molar-refractivity contribution is 1.02. The summed E-state index contributed by atoms with van der Waals surface area (Å²) in [4.78, 5) is 4.64. The van der Waals surface area contributed by atoms with Crippen molar-refractivity contribution < 1.29 is 0 Å². The normalized spacial score (nSPS) is 13.8. The quantitative estimate of drug-likeness (QED) is 0.903. The molecular formula is C17H17N3. The van der Waals surface area contributed by atoms with Crippen molar-refractivity contribution in [2.75, 3.05) is 5.32 Å². The Morgan fingerprint density at radius 3 is 2.70 bits per heavy atom. The fourth-order valence-corrected chi connectivity index (χ4v) is 2.28. The lowest BCUT2D eigenvalue weighted by Crippen LogP contribution is -2.01. The zero-order valence-corrected chi connectivity index (χ0v) is 11.8. The predicted molar refractivity (Wildman–Crippen MR) is 80.1 cm³/mol. The van der Waals surface area contributed by atoms with Gasteiger partial charge in [-0.3, -0.25) is 0 Å². The van der Waals surface area contributed by atoms with Crippen molar-refractivity contribution in [1.82, 2.24) is 4.98 Å². The van der Waals surface area contributed by atoms with E-state index in [1.54, 1.807) is 0 Å². The number of pyridine rings is 1. The van der Waals surface area contributed by atoms with Crippen LogP contribution < -0.4 is 5.32 Å². The molecule has 3 heteroatoms. The predicted octanol–water partition coefficient (Wildman–Crippen LogP) is 4.19. The first kappa shape index (κ1) is 12.7. The Balaban J connectivity index is 1.98. The summed E-state index contributed by atoms with van der Waals surface area (Å²) in [6.45, 7) is 4.16. The number of rotatable bonds is 3. The average molecular weight is 263 g/mol. The fourth-order valence-electron chi connectivity index (χ4n) is 2.28. The number of aromatic nitrogens is 1. The molecule has 1 aromatic carbocycles. The molecule has 2 aromatic rings. The van der Waals surface area contributed by atoms with Crippen LogP contribution in [0.3, 0.4) is 0 Å². The summed E-state index contributed by atoms with van der Waals surface area (Å²) >= 11 is 0. The van der Waals surface area contributed by atoms with Gasteiger partial charge in [-0.15, -0.1) is 0 Å². The van der Waals surface area contributed by atoms with Crippen molar-refractivity contribution >= 4 is 11.5 Å². The molecule has 3 rings (SSSR count). The van der Waals surface area contributed by atoms with Crippen LogP contribution in [0, 0.1) is 25.2 Å². The molecular weight excluding hydrogens is 246 g/mol. The van der Waals surface area contributed by atoms with Gasteiger partial charge in [0.1, 0.15) is 11.9 Å². The Hall–Kier alpha value is -2.34. The van der Waals surface area contributed by atoms with Crippen LogP contribution in [0.2, 0.25) is 0 Å². The van der Waals surface area contributed by atoms with E-state index in [-0.39, 0.29) is 0 Å². The van der Waals surface area contributed by atoms with Gasteiger partial charge in [-0.25, -0.2) is 4.98 Å². The molecule has 1 fully saturated rings. The maximum absolute atomic E-state index is 9.24. The summed E-state index contributed by atoms with van der Waals surface area (Å²) in [6, 6.07) is 12.2. The number of anilines is 2. The van der Waals surface area contributed by atoms with Gasteiger partial charge in [0, 0.05) is 17.3 Å². The summed E-state index contributed by atoms with van der Waals surface area (Å²) in [5.41, 5.74) is 5.12. The van der Waals surface area contributed by atoms with E-state index in [2.05, 4.69) is 36.3 Å². The van der Waals surface area contributed by atoms with Crippen molar-refractivity contribution in [3.8, 4) is 6.07 Å². The minimum Gasteiger partial charge on any atom is -0.339 e. The molecule has 0 spiro atoms. The highest BCUT2D eigenvalue weighted by Crippen LogP contribution is 2.39. The van der Waals surface area contributed by atoms with Crippen LogP contribution in [0.1, 0.15) is 41.1 Å². The minimum absolute atomic E-state index is 0.585. The number of hydrogen-bond donors (Lipinski definition) is 1. The maximum atomic E-state index is 9.24. The molecule has 1 aromatic heterocycles.